The van der Waals surface area contributed by atoms with E-state index in [0.29, 0.717) is 17.5 Å². The minimum atomic E-state index is -1.02. The fraction of sp³-hybridized carbons (Fsp3) is 0.175. The minimum Gasteiger partial charge on any atom is -0.427 e. The SMILES string of the molecule is CC(C)(O)C(C)(C)O[B]c1cc(-c2ccc(-c3nc(-c4ccccc4)nc(-c4ccccc4)n3)cc2)c2sc3c(c2c1)=CC=CCC=3. The molecule has 4 aromatic carbocycles. The van der Waals surface area contributed by atoms with Gasteiger partial charge in [-0.15, -0.1) is 11.3 Å². The number of allylic oxidation sites excluding steroid dienone is 2. The van der Waals surface area contributed by atoms with E-state index in [2.05, 4.69) is 60.7 Å². The van der Waals surface area contributed by atoms with E-state index < -0.39 is 11.2 Å². The van der Waals surface area contributed by atoms with Crippen molar-refractivity contribution in [3.63, 3.8) is 0 Å². The molecule has 0 saturated heterocycles. The molecule has 0 atom stereocenters. The summed E-state index contributed by atoms with van der Waals surface area (Å²) in [5.74, 6) is 1.90. The average Bonchev–Trinajstić information content (AvgIpc) is 3.26. The van der Waals surface area contributed by atoms with E-state index >= 15 is 0 Å². The summed E-state index contributed by atoms with van der Waals surface area (Å²) in [7, 11) is 1.77. The van der Waals surface area contributed by atoms with Gasteiger partial charge < -0.3 is 9.76 Å². The molecule has 2 heterocycles. The standard InChI is InChI=1S/C40H35BN3O2S/c1-39(2,45)40(3,4)46-41-30-24-32(35-33(25-30)31-18-12-7-13-19-34(31)47-35)26-20-22-29(23-21-26)38-43-36(27-14-8-5-9-15-27)42-37(44-38)28-16-10-6-11-17-28/h5-12,14-25,45H,13H2,1-4H3. The smallest absolute Gasteiger partial charge is 0.330 e. The van der Waals surface area contributed by atoms with Crippen LogP contribution in [-0.2, 0) is 4.65 Å². The zero-order chi connectivity index (χ0) is 32.6. The molecule has 0 aliphatic heterocycles. The van der Waals surface area contributed by atoms with Gasteiger partial charge in [-0.2, -0.15) is 0 Å². The van der Waals surface area contributed by atoms with Gasteiger partial charge in [0.1, 0.15) is 0 Å². The lowest BCUT2D eigenvalue weighted by Gasteiger charge is -2.37. The van der Waals surface area contributed by atoms with Crippen LogP contribution in [0.3, 0.4) is 0 Å². The molecule has 231 valence electrons. The van der Waals surface area contributed by atoms with Crippen LogP contribution in [0, 0.1) is 0 Å². The molecule has 0 saturated carbocycles. The highest BCUT2D eigenvalue weighted by Gasteiger charge is 2.35. The van der Waals surface area contributed by atoms with Crippen LogP contribution in [0.1, 0.15) is 34.1 Å². The first-order valence-corrected chi connectivity index (χ1v) is 16.6. The Hall–Kier alpha value is -4.69. The third-order valence-electron chi connectivity index (χ3n) is 8.83. The van der Waals surface area contributed by atoms with Crippen molar-refractivity contribution in [2.75, 3.05) is 0 Å². The summed E-state index contributed by atoms with van der Waals surface area (Å²) in [6, 6.07) is 32.9. The van der Waals surface area contributed by atoms with E-state index in [1.807, 2.05) is 85.8 Å². The van der Waals surface area contributed by atoms with Gasteiger partial charge in [-0.3, -0.25) is 0 Å². The van der Waals surface area contributed by atoms with Gasteiger partial charge in [-0.1, -0.05) is 127 Å². The summed E-state index contributed by atoms with van der Waals surface area (Å²) < 4.78 is 8.70. The molecule has 0 fully saturated rings. The lowest BCUT2D eigenvalue weighted by Crippen LogP contribution is -2.49. The summed E-state index contributed by atoms with van der Waals surface area (Å²) in [6.45, 7) is 7.34. The fourth-order valence-corrected chi connectivity index (χ4v) is 6.63. The second kappa shape index (κ2) is 12.5. The van der Waals surface area contributed by atoms with Gasteiger partial charge >= 0.3 is 7.48 Å². The molecule has 7 heteroatoms. The van der Waals surface area contributed by atoms with Crippen molar-refractivity contribution in [3.8, 4) is 45.3 Å². The Bertz CT molecular complexity index is 2160. The van der Waals surface area contributed by atoms with Crippen LogP contribution in [-0.4, -0.2) is 38.7 Å². The van der Waals surface area contributed by atoms with Crippen molar-refractivity contribution in [1.82, 2.24) is 15.0 Å². The third-order valence-corrected chi connectivity index (χ3v) is 10.1. The Morgan fingerprint density at radius 2 is 1.28 bits per heavy atom. The van der Waals surface area contributed by atoms with Crippen LogP contribution >= 0.6 is 11.3 Å². The molecule has 0 unspecified atom stereocenters. The van der Waals surface area contributed by atoms with Crippen LogP contribution in [0.4, 0.5) is 0 Å². The van der Waals surface area contributed by atoms with Crippen LogP contribution < -0.4 is 15.2 Å². The van der Waals surface area contributed by atoms with Gasteiger partial charge in [-0.05, 0) is 50.5 Å². The molecule has 2 aromatic heterocycles. The van der Waals surface area contributed by atoms with Gasteiger partial charge in [0.15, 0.2) is 17.5 Å². The van der Waals surface area contributed by atoms with Crippen molar-refractivity contribution in [3.05, 3.63) is 119 Å². The molecule has 0 amide bonds. The van der Waals surface area contributed by atoms with Crippen molar-refractivity contribution < 1.29 is 9.76 Å². The molecular weight excluding hydrogens is 597 g/mol. The maximum Gasteiger partial charge on any atom is 0.330 e. The highest BCUT2D eigenvalue weighted by Crippen LogP contribution is 2.32. The molecule has 0 spiro atoms. The Morgan fingerprint density at radius 3 is 1.85 bits per heavy atom. The number of hydrogen-bond acceptors (Lipinski definition) is 6. The molecule has 47 heavy (non-hydrogen) atoms. The number of thiophene rings is 1. The minimum absolute atomic E-state index is 0.623. The average molecular weight is 633 g/mol. The van der Waals surface area contributed by atoms with Crippen molar-refractivity contribution in [2.45, 2.75) is 45.3 Å². The van der Waals surface area contributed by atoms with E-state index in [4.69, 9.17) is 19.6 Å². The maximum absolute atomic E-state index is 10.7. The van der Waals surface area contributed by atoms with Crippen LogP contribution in [0.5, 0.6) is 0 Å². The van der Waals surface area contributed by atoms with Crippen molar-refractivity contribution in [2.24, 2.45) is 0 Å². The Balaban J connectivity index is 1.32. The number of rotatable bonds is 8. The Labute approximate surface area is 280 Å². The molecule has 5 nitrogen and oxygen atoms in total. The summed E-state index contributed by atoms with van der Waals surface area (Å²) in [5, 5.41) is 13.1. The monoisotopic (exact) mass is 632 g/mol. The van der Waals surface area contributed by atoms with Gasteiger partial charge in [-0.25, -0.2) is 15.0 Å². The first kappa shape index (κ1) is 30.9. The molecule has 1 radical (unpaired) electrons. The summed E-state index contributed by atoms with van der Waals surface area (Å²) in [6.07, 6.45) is 9.71. The molecule has 0 bridgehead atoms. The van der Waals surface area contributed by atoms with Crippen LogP contribution in [0.15, 0.2) is 109 Å². The topological polar surface area (TPSA) is 68.1 Å². The second-order valence-corrected chi connectivity index (χ2v) is 13.8. The maximum atomic E-state index is 10.7. The highest BCUT2D eigenvalue weighted by atomic mass is 32.1. The summed E-state index contributed by atoms with van der Waals surface area (Å²) in [4.78, 5) is 14.7. The first-order valence-electron chi connectivity index (χ1n) is 15.8. The summed E-state index contributed by atoms with van der Waals surface area (Å²) in [5.41, 5.74) is 4.15. The number of nitrogens with zero attached hydrogens (tertiary/aromatic N) is 3. The zero-order valence-corrected chi connectivity index (χ0v) is 27.8. The number of fused-ring (bicyclic) bond motifs is 3. The van der Waals surface area contributed by atoms with E-state index in [1.54, 1.807) is 21.3 Å². The predicted molar refractivity (Wildman–Crippen MR) is 196 cm³/mol. The van der Waals surface area contributed by atoms with E-state index in [9.17, 15) is 5.11 Å². The molecule has 7 rings (SSSR count). The van der Waals surface area contributed by atoms with E-state index in [0.717, 1.165) is 39.7 Å². The molecule has 1 aliphatic rings. The predicted octanol–water partition coefficient (Wildman–Crippen LogP) is 7.09. The van der Waals surface area contributed by atoms with Crippen molar-refractivity contribution >= 4 is 46.5 Å². The van der Waals surface area contributed by atoms with Gasteiger partial charge in [0.2, 0.25) is 0 Å². The fourth-order valence-electron chi connectivity index (χ4n) is 5.38. The summed E-state index contributed by atoms with van der Waals surface area (Å²) >= 11 is 1.82. The number of benzene rings is 4. The molecule has 1 N–H and O–H groups in total. The quantitative estimate of drug-likeness (QED) is 0.182. The molecule has 1 aliphatic carbocycles. The third kappa shape index (κ3) is 6.35. The molecule has 6 aromatic rings. The highest BCUT2D eigenvalue weighted by molar-refractivity contribution is 7.17. The van der Waals surface area contributed by atoms with Crippen LogP contribution in [0.25, 0.3) is 67.5 Å². The Morgan fingerprint density at radius 1 is 0.723 bits per heavy atom. The largest absolute Gasteiger partial charge is 0.427 e. The van der Waals surface area contributed by atoms with Gasteiger partial charge in [0.25, 0.3) is 0 Å². The van der Waals surface area contributed by atoms with Crippen LogP contribution in [0.2, 0.25) is 0 Å². The van der Waals surface area contributed by atoms with E-state index in [1.165, 1.54) is 19.8 Å². The Kier molecular flexibility index (Phi) is 8.22. The number of hydrogen-bond donors (Lipinski definition) is 1. The van der Waals surface area contributed by atoms with Gasteiger partial charge in [0.05, 0.1) is 11.2 Å². The van der Waals surface area contributed by atoms with Gasteiger partial charge in [0, 0.05) is 31.3 Å². The van der Waals surface area contributed by atoms with Crippen molar-refractivity contribution in [1.29, 1.82) is 0 Å². The zero-order valence-electron chi connectivity index (χ0n) is 26.9. The lowest BCUT2D eigenvalue weighted by atomic mass is 9.81. The number of aliphatic hydroxyl groups is 1. The second-order valence-electron chi connectivity index (χ2n) is 12.8. The molecular formula is C40H35BN3O2S. The first-order chi connectivity index (χ1) is 22.7. The number of aromatic nitrogens is 3. The van der Waals surface area contributed by atoms with E-state index in [-0.39, 0.29) is 0 Å². The lowest BCUT2D eigenvalue weighted by molar-refractivity contribution is -0.0893. The normalized spacial score (nSPS) is 13.0.